The molecule has 0 saturated carbocycles. The normalized spacial score (nSPS) is 9.50. The molecule has 0 bridgehead atoms. The third-order valence-corrected chi connectivity index (χ3v) is 2.43. The number of para-hydroxylation sites is 1. The van der Waals surface area contributed by atoms with Crippen LogP contribution >= 0.6 is 0 Å². The van der Waals surface area contributed by atoms with Gasteiger partial charge in [0, 0.05) is 18.9 Å². The van der Waals surface area contributed by atoms with Crippen LogP contribution in [0.3, 0.4) is 0 Å². The highest BCUT2D eigenvalue weighted by Crippen LogP contribution is 2.24. The number of anilines is 2. The Balaban J connectivity index is 2.42. The van der Waals surface area contributed by atoms with E-state index in [0.29, 0.717) is 5.56 Å². The van der Waals surface area contributed by atoms with E-state index in [4.69, 9.17) is 5.26 Å². The van der Waals surface area contributed by atoms with Crippen LogP contribution < -0.4 is 4.90 Å². The molecule has 2 aromatic rings. The third kappa shape index (κ3) is 1.86. The summed E-state index contributed by atoms with van der Waals surface area (Å²) in [4.78, 5) is 6.00. The number of hydrogen-bond acceptors (Lipinski definition) is 3. The molecule has 0 fully saturated rings. The van der Waals surface area contributed by atoms with Crippen molar-refractivity contribution in [2.75, 3.05) is 11.9 Å². The minimum atomic E-state index is 0.626. The third-order valence-electron chi connectivity index (χ3n) is 2.43. The monoisotopic (exact) mass is 209 g/mol. The molecule has 0 aliphatic heterocycles. The van der Waals surface area contributed by atoms with Gasteiger partial charge in [0.25, 0.3) is 0 Å². The Morgan fingerprint density at radius 2 is 1.94 bits per heavy atom. The van der Waals surface area contributed by atoms with Crippen molar-refractivity contribution in [3.63, 3.8) is 0 Å². The number of hydrogen-bond donors (Lipinski definition) is 0. The van der Waals surface area contributed by atoms with Gasteiger partial charge in [-0.3, -0.25) is 4.98 Å². The summed E-state index contributed by atoms with van der Waals surface area (Å²) in [7, 11) is 1.92. The molecule has 0 saturated heterocycles. The van der Waals surface area contributed by atoms with Crippen LogP contribution in [0.1, 0.15) is 5.56 Å². The van der Waals surface area contributed by atoms with E-state index < -0.39 is 0 Å². The molecule has 78 valence electrons. The Hall–Kier alpha value is -2.34. The summed E-state index contributed by atoms with van der Waals surface area (Å²) in [6.45, 7) is 0. The van der Waals surface area contributed by atoms with Gasteiger partial charge < -0.3 is 4.90 Å². The van der Waals surface area contributed by atoms with Crippen molar-refractivity contribution in [1.29, 1.82) is 5.26 Å². The molecule has 0 unspecified atom stereocenters. The van der Waals surface area contributed by atoms with E-state index in [1.54, 1.807) is 18.5 Å². The van der Waals surface area contributed by atoms with Crippen LogP contribution in [0, 0.1) is 11.3 Å². The molecule has 3 nitrogen and oxygen atoms in total. The molecule has 0 aliphatic rings. The summed E-state index contributed by atoms with van der Waals surface area (Å²) >= 11 is 0. The zero-order valence-electron chi connectivity index (χ0n) is 8.96. The molecule has 16 heavy (non-hydrogen) atoms. The molecule has 0 amide bonds. The molecule has 0 radical (unpaired) electrons. The van der Waals surface area contributed by atoms with E-state index in [9.17, 15) is 0 Å². The van der Waals surface area contributed by atoms with Crippen molar-refractivity contribution in [3.05, 3.63) is 54.4 Å². The van der Waals surface area contributed by atoms with E-state index in [-0.39, 0.29) is 0 Å². The molecule has 0 spiro atoms. The molecule has 2 rings (SSSR count). The van der Waals surface area contributed by atoms with Crippen molar-refractivity contribution >= 4 is 11.4 Å². The topological polar surface area (TPSA) is 39.9 Å². The van der Waals surface area contributed by atoms with Gasteiger partial charge in [-0.2, -0.15) is 5.26 Å². The van der Waals surface area contributed by atoms with Crippen LogP contribution in [0.2, 0.25) is 0 Å². The lowest BCUT2D eigenvalue weighted by molar-refractivity contribution is 1.16. The lowest BCUT2D eigenvalue weighted by Gasteiger charge is -2.19. The maximum absolute atomic E-state index is 9.01. The second kappa shape index (κ2) is 4.45. The highest BCUT2D eigenvalue weighted by molar-refractivity contribution is 5.67. The van der Waals surface area contributed by atoms with Crippen LogP contribution in [0.15, 0.2) is 48.8 Å². The van der Waals surface area contributed by atoms with E-state index in [1.807, 2.05) is 42.3 Å². The molecule has 1 heterocycles. The Kier molecular flexibility index (Phi) is 2.84. The molecular weight excluding hydrogens is 198 g/mol. The summed E-state index contributed by atoms with van der Waals surface area (Å²) in [6, 6.07) is 13.8. The lowest BCUT2D eigenvalue weighted by atomic mass is 10.2. The first-order chi connectivity index (χ1) is 7.83. The van der Waals surface area contributed by atoms with Gasteiger partial charge >= 0.3 is 0 Å². The van der Waals surface area contributed by atoms with Gasteiger partial charge in [0.05, 0.1) is 17.4 Å². The van der Waals surface area contributed by atoms with Crippen LogP contribution in [-0.2, 0) is 0 Å². The largest absolute Gasteiger partial charge is 0.342 e. The Morgan fingerprint density at radius 1 is 1.19 bits per heavy atom. The first kappa shape index (κ1) is 10.2. The van der Waals surface area contributed by atoms with Gasteiger partial charge in [-0.1, -0.05) is 18.2 Å². The van der Waals surface area contributed by atoms with Gasteiger partial charge in [0.1, 0.15) is 6.07 Å². The van der Waals surface area contributed by atoms with Crippen molar-refractivity contribution in [3.8, 4) is 6.07 Å². The molecule has 3 heteroatoms. The van der Waals surface area contributed by atoms with Gasteiger partial charge in [0.2, 0.25) is 0 Å². The molecule has 0 N–H and O–H groups in total. The Bertz CT molecular complexity index is 514. The van der Waals surface area contributed by atoms with Gasteiger partial charge in [-0.25, -0.2) is 0 Å². The predicted molar refractivity (Wildman–Crippen MR) is 63.5 cm³/mol. The molecule has 1 aromatic heterocycles. The standard InChI is InChI=1S/C13H11N3/c1-16(12-5-3-2-4-6-12)13-10-15-8-7-11(13)9-14/h2-8,10H,1H3. The van der Waals surface area contributed by atoms with Crippen molar-refractivity contribution in [2.24, 2.45) is 0 Å². The first-order valence-electron chi connectivity index (χ1n) is 4.96. The second-order valence-electron chi connectivity index (χ2n) is 3.40. The van der Waals surface area contributed by atoms with Gasteiger partial charge in [-0.15, -0.1) is 0 Å². The average Bonchev–Trinajstić information content (AvgIpc) is 2.39. The average molecular weight is 209 g/mol. The second-order valence-corrected chi connectivity index (χ2v) is 3.40. The number of nitriles is 1. The Labute approximate surface area is 94.6 Å². The zero-order chi connectivity index (χ0) is 11.4. The van der Waals surface area contributed by atoms with Crippen molar-refractivity contribution in [2.45, 2.75) is 0 Å². The molecule has 0 atom stereocenters. The maximum Gasteiger partial charge on any atom is 0.101 e. The number of pyridine rings is 1. The van der Waals surface area contributed by atoms with Gasteiger partial charge in [-0.05, 0) is 18.2 Å². The van der Waals surface area contributed by atoms with Crippen LogP contribution in [0.5, 0.6) is 0 Å². The minimum Gasteiger partial charge on any atom is -0.342 e. The van der Waals surface area contributed by atoms with E-state index in [0.717, 1.165) is 11.4 Å². The number of rotatable bonds is 2. The zero-order valence-corrected chi connectivity index (χ0v) is 8.96. The van der Waals surface area contributed by atoms with E-state index in [1.165, 1.54) is 0 Å². The van der Waals surface area contributed by atoms with Gasteiger partial charge in [0.15, 0.2) is 0 Å². The fourth-order valence-electron chi connectivity index (χ4n) is 1.54. The summed E-state index contributed by atoms with van der Waals surface area (Å²) < 4.78 is 0. The van der Waals surface area contributed by atoms with Crippen LogP contribution in [0.25, 0.3) is 0 Å². The fraction of sp³-hybridized carbons (Fsp3) is 0.0769. The minimum absolute atomic E-state index is 0.626. The first-order valence-corrected chi connectivity index (χ1v) is 4.96. The summed E-state index contributed by atoms with van der Waals surface area (Å²) in [5.41, 5.74) is 2.48. The van der Waals surface area contributed by atoms with E-state index >= 15 is 0 Å². The summed E-state index contributed by atoms with van der Waals surface area (Å²) in [5, 5.41) is 9.01. The molecule has 0 aliphatic carbocycles. The number of nitrogens with zero attached hydrogens (tertiary/aromatic N) is 3. The smallest absolute Gasteiger partial charge is 0.101 e. The highest BCUT2D eigenvalue weighted by atomic mass is 15.1. The maximum atomic E-state index is 9.01. The van der Waals surface area contributed by atoms with Crippen LogP contribution in [-0.4, -0.2) is 12.0 Å². The number of aromatic nitrogens is 1. The summed E-state index contributed by atoms with van der Waals surface area (Å²) in [6.07, 6.45) is 3.33. The number of benzene rings is 1. The summed E-state index contributed by atoms with van der Waals surface area (Å²) in [5.74, 6) is 0. The van der Waals surface area contributed by atoms with Crippen molar-refractivity contribution < 1.29 is 0 Å². The van der Waals surface area contributed by atoms with Crippen LogP contribution in [0.4, 0.5) is 11.4 Å². The molecule has 1 aromatic carbocycles. The van der Waals surface area contributed by atoms with Crippen molar-refractivity contribution in [1.82, 2.24) is 4.98 Å². The predicted octanol–water partition coefficient (Wildman–Crippen LogP) is 2.72. The SMILES string of the molecule is CN(c1ccccc1)c1cnccc1C#N. The quantitative estimate of drug-likeness (QED) is 0.763. The Morgan fingerprint density at radius 3 is 2.62 bits per heavy atom. The lowest BCUT2D eigenvalue weighted by Crippen LogP contribution is -2.11. The molecular formula is C13H11N3. The highest BCUT2D eigenvalue weighted by Gasteiger charge is 2.08. The van der Waals surface area contributed by atoms with E-state index in [2.05, 4.69) is 11.1 Å². The fourth-order valence-corrected chi connectivity index (χ4v) is 1.54.